The van der Waals surface area contributed by atoms with Gasteiger partial charge in [0.15, 0.2) is 7.50 Å². The summed E-state index contributed by atoms with van der Waals surface area (Å²) in [6.07, 6.45) is 0. The van der Waals surface area contributed by atoms with Crippen LogP contribution in [0.1, 0.15) is 79.0 Å². The highest BCUT2D eigenvalue weighted by atomic mass is 35.7. The molecule has 0 bridgehead atoms. The first kappa shape index (κ1) is 19.8. The first-order valence-corrected chi connectivity index (χ1v) is 10.1. The van der Waals surface area contributed by atoms with E-state index in [2.05, 4.69) is 81.4 Å². The third-order valence-corrected chi connectivity index (χ3v) is 6.67. The summed E-state index contributed by atoms with van der Waals surface area (Å²) >= 11 is 6.62. The Kier molecular flexibility index (Phi) is 5.69. The Labute approximate surface area is 143 Å². The molecule has 0 aliphatic rings. The fraction of sp³-hybridized carbons (Fsp3) is 0.684. The van der Waals surface area contributed by atoms with Crippen molar-refractivity contribution in [2.24, 2.45) is 0 Å². The monoisotopic (exact) mass is 342 g/mol. The number of halogens is 1. The van der Waals surface area contributed by atoms with Crippen LogP contribution in [0.3, 0.4) is 0 Å². The summed E-state index contributed by atoms with van der Waals surface area (Å²) in [5, 5.41) is -0.0495. The van der Waals surface area contributed by atoms with Crippen LogP contribution in [0.15, 0.2) is 12.1 Å². The summed E-state index contributed by atoms with van der Waals surface area (Å²) in [6.45, 7) is 21.9. The lowest BCUT2D eigenvalue weighted by atomic mass is 9.78. The Hall–Kier alpha value is -0.260. The van der Waals surface area contributed by atoms with E-state index in [4.69, 9.17) is 15.8 Å². The van der Waals surface area contributed by atoms with Crippen molar-refractivity contribution in [2.45, 2.75) is 85.2 Å². The van der Waals surface area contributed by atoms with Crippen molar-refractivity contribution in [1.82, 2.24) is 0 Å². The van der Waals surface area contributed by atoms with Gasteiger partial charge in [-0.1, -0.05) is 80.0 Å². The largest absolute Gasteiger partial charge is 0.457 e. The lowest BCUT2D eigenvalue weighted by Gasteiger charge is -2.33. The summed E-state index contributed by atoms with van der Waals surface area (Å²) in [5.74, 6) is 0.988. The summed E-state index contributed by atoms with van der Waals surface area (Å²) in [7, 11) is -1.06. The minimum absolute atomic E-state index is 0.0201. The number of hydrogen-bond acceptors (Lipinski definition) is 1. The number of hydrogen-bond donors (Lipinski definition) is 0. The minimum atomic E-state index is -1.06. The van der Waals surface area contributed by atoms with Crippen molar-refractivity contribution in [3.63, 3.8) is 0 Å². The summed E-state index contributed by atoms with van der Waals surface area (Å²) in [4.78, 5) is 0. The lowest BCUT2D eigenvalue weighted by molar-refractivity contribution is 0.495. The number of rotatable bonds is 2. The maximum atomic E-state index is 6.62. The average Bonchev–Trinajstić information content (AvgIpc) is 2.26. The molecule has 0 radical (unpaired) electrons. The Balaban J connectivity index is 3.56. The van der Waals surface area contributed by atoms with Crippen molar-refractivity contribution in [2.75, 3.05) is 0 Å². The molecule has 3 heteroatoms. The quantitative estimate of drug-likeness (QED) is 0.511. The van der Waals surface area contributed by atoms with E-state index in [1.54, 1.807) is 0 Å². The third kappa shape index (κ3) is 4.87. The zero-order valence-electron chi connectivity index (χ0n) is 15.9. The fourth-order valence-electron chi connectivity index (χ4n) is 2.20. The molecule has 1 rings (SSSR count). The molecule has 0 spiro atoms. The molecule has 0 saturated carbocycles. The van der Waals surface area contributed by atoms with Crippen LogP contribution in [0.4, 0.5) is 0 Å². The van der Waals surface area contributed by atoms with Crippen LogP contribution in [0.5, 0.6) is 5.75 Å². The Bertz CT molecular complexity index is 495. The fourth-order valence-corrected chi connectivity index (χ4v) is 3.04. The number of benzene rings is 1. The van der Waals surface area contributed by atoms with Crippen LogP contribution < -0.4 is 4.52 Å². The van der Waals surface area contributed by atoms with E-state index in [1.807, 2.05) is 0 Å². The molecule has 1 aromatic carbocycles. The third-order valence-electron chi connectivity index (χ3n) is 3.55. The molecule has 1 nitrogen and oxygen atoms in total. The van der Waals surface area contributed by atoms with Crippen LogP contribution in [0.25, 0.3) is 0 Å². The van der Waals surface area contributed by atoms with Crippen LogP contribution in [0.2, 0.25) is 0 Å². The van der Waals surface area contributed by atoms with Gasteiger partial charge in [0, 0.05) is 16.3 Å². The van der Waals surface area contributed by atoms with Gasteiger partial charge in [0.1, 0.15) is 5.75 Å². The molecule has 22 heavy (non-hydrogen) atoms. The first-order chi connectivity index (χ1) is 9.64. The van der Waals surface area contributed by atoms with Crippen molar-refractivity contribution in [3.8, 4) is 5.75 Å². The normalized spacial score (nSPS) is 14.9. The van der Waals surface area contributed by atoms with Crippen LogP contribution >= 0.6 is 18.7 Å². The zero-order chi connectivity index (χ0) is 17.5. The molecule has 0 saturated heterocycles. The van der Waals surface area contributed by atoms with Gasteiger partial charge in [0.25, 0.3) is 0 Å². The highest BCUT2D eigenvalue weighted by Gasteiger charge is 2.32. The smallest absolute Gasteiger partial charge is 0.188 e. The van der Waals surface area contributed by atoms with Gasteiger partial charge in [-0.25, -0.2) is 0 Å². The van der Waals surface area contributed by atoms with Gasteiger partial charge in [0.2, 0.25) is 0 Å². The predicted molar refractivity (Wildman–Crippen MR) is 102 cm³/mol. The second kappa shape index (κ2) is 6.33. The van der Waals surface area contributed by atoms with E-state index in [0.717, 1.165) is 5.75 Å². The van der Waals surface area contributed by atoms with E-state index in [9.17, 15) is 0 Å². The molecule has 0 fully saturated rings. The SMILES string of the molecule is Cc1cc(C(C)(C)C)c(OP(Cl)C(C)(C)C)c(C(C)(C)C)c1. The van der Waals surface area contributed by atoms with Crippen molar-refractivity contribution >= 4 is 18.7 Å². The van der Waals surface area contributed by atoms with Gasteiger partial charge in [-0.3, -0.25) is 0 Å². The van der Waals surface area contributed by atoms with Crippen molar-refractivity contribution in [1.29, 1.82) is 0 Å². The first-order valence-electron chi connectivity index (χ1n) is 7.93. The standard InChI is InChI=1S/C19H32ClOP/c1-13-11-14(17(2,3)4)16(15(12-13)18(5,6)7)21-22(20)19(8,9)10/h11-12H,1-10H3. The molecule has 0 aliphatic heterocycles. The molecule has 126 valence electrons. The maximum Gasteiger partial charge on any atom is 0.188 e. The molecular formula is C19H32ClOP. The molecule has 0 aromatic heterocycles. The summed E-state index contributed by atoms with van der Waals surface area (Å²) in [6, 6.07) is 4.49. The maximum absolute atomic E-state index is 6.62. The van der Waals surface area contributed by atoms with E-state index < -0.39 is 7.50 Å². The van der Waals surface area contributed by atoms with Gasteiger partial charge in [-0.05, 0) is 29.0 Å². The summed E-state index contributed by atoms with van der Waals surface area (Å²) in [5.41, 5.74) is 3.81. The number of aryl methyl sites for hydroxylation is 1. The summed E-state index contributed by atoms with van der Waals surface area (Å²) < 4.78 is 6.38. The van der Waals surface area contributed by atoms with Crippen molar-refractivity contribution < 1.29 is 4.52 Å². The molecule has 1 aromatic rings. The molecular weight excluding hydrogens is 311 g/mol. The Morgan fingerprint density at radius 2 is 1.18 bits per heavy atom. The molecule has 0 amide bonds. The van der Waals surface area contributed by atoms with Gasteiger partial charge in [0.05, 0.1) is 0 Å². The molecule has 1 unspecified atom stereocenters. The predicted octanol–water partition coefficient (Wildman–Crippen LogP) is 7.32. The highest BCUT2D eigenvalue weighted by molar-refractivity contribution is 7.81. The second-order valence-electron chi connectivity index (χ2n) is 9.20. The Morgan fingerprint density at radius 3 is 1.45 bits per heavy atom. The average molecular weight is 343 g/mol. The second-order valence-corrected chi connectivity index (χ2v) is 12.1. The zero-order valence-corrected chi connectivity index (χ0v) is 17.5. The molecule has 1 atom stereocenters. The van der Waals surface area contributed by atoms with Crippen LogP contribution in [-0.4, -0.2) is 5.16 Å². The van der Waals surface area contributed by atoms with E-state index in [-0.39, 0.29) is 16.0 Å². The lowest BCUT2D eigenvalue weighted by Crippen LogP contribution is -2.21. The highest BCUT2D eigenvalue weighted by Crippen LogP contribution is 2.57. The topological polar surface area (TPSA) is 9.23 Å². The van der Waals surface area contributed by atoms with Gasteiger partial charge in [-0.2, -0.15) is 0 Å². The van der Waals surface area contributed by atoms with Gasteiger partial charge in [-0.15, -0.1) is 0 Å². The van der Waals surface area contributed by atoms with Crippen molar-refractivity contribution in [3.05, 3.63) is 28.8 Å². The molecule has 0 aliphatic carbocycles. The van der Waals surface area contributed by atoms with Gasteiger partial charge < -0.3 is 4.52 Å². The van der Waals surface area contributed by atoms with E-state index in [1.165, 1.54) is 16.7 Å². The minimum Gasteiger partial charge on any atom is -0.457 e. The van der Waals surface area contributed by atoms with Gasteiger partial charge >= 0.3 is 0 Å². The Morgan fingerprint density at radius 1 is 0.818 bits per heavy atom. The molecule has 0 heterocycles. The van der Waals surface area contributed by atoms with E-state index >= 15 is 0 Å². The van der Waals surface area contributed by atoms with Crippen LogP contribution in [0, 0.1) is 6.92 Å². The molecule has 0 N–H and O–H groups in total. The van der Waals surface area contributed by atoms with E-state index in [0.29, 0.717) is 0 Å². The van der Waals surface area contributed by atoms with Crippen LogP contribution in [-0.2, 0) is 10.8 Å².